The van der Waals surface area contributed by atoms with Crippen LogP contribution < -0.4 is 0 Å². The Balaban J connectivity index is 2.44. The van der Waals surface area contributed by atoms with Crippen LogP contribution in [0.3, 0.4) is 0 Å². The van der Waals surface area contributed by atoms with Crippen molar-refractivity contribution in [2.75, 3.05) is 13.2 Å². The number of aryl methyl sites for hydroxylation is 1. The van der Waals surface area contributed by atoms with Crippen molar-refractivity contribution in [3.05, 3.63) is 11.4 Å². The summed E-state index contributed by atoms with van der Waals surface area (Å²) in [6.07, 6.45) is 1.96. The fourth-order valence-electron chi connectivity index (χ4n) is 3.12. The predicted octanol–water partition coefficient (Wildman–Crippen LogP) is 1.30. The fourth-order valence-corrected chi connectivity index (χ4v) is 5.26. The average molecular weight is 315 g/mol. The Labute approximate surface area is 126 Å². The number of aromatic nitrogens is 2. The number of hydrogen-bond acceptors (Lipinski definition) is 4. The van der Waals surface area contributed by atoms with Crippen LogP contribution in [0.5, 0.6) is 0 Å². The van der Waals surface area contributed by atoms with E-state index in [0.29, 0.717) is 35.3 Å². The second-order valence-corrected chi connectivity index (χ2v) is 7.75. The van der Waals surface area contributed by atoms with E-state index in [9.17, 15) is 8.42 Å². The zero-order valence-electron chi connectivity index (χ0n) is 13.2. The van der Waals surface area contributed by atoms with E-state index in [4.69, 9.17) is 5.11 Å². The van der Waals surface area contributed by atoms with E-state index < -0.39 is 10.0 Å². The van der Waals surface area contributed by atoms with E-state index in [1.807, 2.05) is 6.92 Å². The lowest BCUT2D eigenvalue weighted by molar-refractivity contribution is 0.202. The van der Waals surface area contributed by atoms with Gasteiger partial charge in [0.2, 0.25) is 10.0 Å². The minimum atomic E-state index is -3.53. The first-order valence-corrected chi connectivity index (χ1v) is 8.91. The van der Waals surface area contributed by atoms with Crippen LogP contribution in [0.1, 0.15) is 38.1 Å². The third-order valence-electron chi connectivity index (χ3n) is 4.51. The van der Waals surface area contributed by atoms with Gasteiger partial charge in [0, 0.05) is 12.6 Å². The SMILES string of the molecule is Cc1nn(CCO)c(C)c1S(=O)(=O)N1CCCC(C)C1C. The standard InChI is InChI=1S/C14H25N3O3S/c1-10-6-5-7-17(12(10)3)21(19,20)14-11(2)15-16(8-9-18)13(14)4/h10,12,18H,5-9H2,1-4H3. The van der Waals surface area contributed by atoms with Gasteiger partial charge in [-0.15, -0.1) is 0 Å². The van der Waals surface area contributed by atoms with Gasteiger partial charge in [0.25, 0.3) is 0 Å². The van der Waals surface area contributed by atoms with Gasteiger partial charge in [-0.1, -0.05) is 6.92 Å². The fraction of sp³-hybridized carbons (Fsp3) is 0.786. The smallest absolute Gasteiger partial charge is 0.246 e. The van der Waals surface area contributed by atoms with Crippen LogP contribution in [0.15, 0.2) is 4.90 Å². The molecule has 1 aliphatic rings. The van der Waals surface area contributed by atoms with E-state index >= 15 is 0 Å². The summed E-state index contributed by atoms with van der Waals surface area (Å²) in [5.41, 5.74) is 1.11. The van der Waals surface area contributed by atoms with E-state index in [2.05, 4.69) is 12.0 Å². The highest BCUT2D eigenvalue weighted by Crippen LogP contribution is 2.31. The molecule has 1 aliphatic heterocycles. The van der Waals surface area contributed by atoms with E-state index in [0.717, 1.165) is 12.8 Å². The molecule has 2 atom stereocenters. The maximum Gasteiger partial charge on any atom is 0.246 e. The lowest BCUT2D eigenvalue weighted by atomic mass is 9.94. The second kappa shape index (κ2) is 6.06. The maximum absolute atomic E-state index is 13.0. The van der Waals surface area contributed by atoms with Crippen LogP contribution in [-0.2, 0) is 16.6 Å². The van der Waals surface area contributed by atoms with Gasteiger partial charge in [-0.3, -0.25) is 4.68 Å². The molecule has 21 heavy (non-hydrogen) atoms. The first kappa shape index (κ1) is 16.5. The molecular formula is C14H25N3O3S. The topological polar surface area (TPSA) is 75.4 Å². The number of hydrogen-bond donors (Lipinski definition) is 1. The Morgan fingerprint density at radius 3 is 2.62 bits per heavy atom. The molecular weight excluding hydrogens is 290 g/mol. The van der Waals surface area contributed by atoms with Crippen molar-refractivity contribution in [3.63, 3.8) is 0 Å². The van der Waals surface area contributed by atoms with Gasteiger partial charge in [0.1, 0.15) is 4.90 Å². The monoisotopic (exact) mass is 315 g/mol. The van der Waals surface area contributed by atoms with Crippen molar-refractivity contribution >= 4 is 10.0 Å². The summed E-state index contributed by atoms with van der Waals surface area (Å²) in [7, 11) is -3.53. The van der Waals surface area contributed by atoms with Gasteiger partial charge in [0.05, 0.1) is 24.5 Å². The van der Waals surface area contributed by atoms with E-state index in [-0.39, 0.29) is 12.6 Å². The molecule has 0 radical (unpaired) electrons. The lowest BCUT2D eigenvalue weighted by Gasteiger charge is -2.36. The molecule has 1 N–H and O–H groups in total. The summed E-state index contributed by atoms with van der Waals surface area (Å²) in [4.78, 5) is 0.303. The van der Waals surface area contributed by atoms with Crippen LogP contribution in [0, 0.1) is 19.8 Å². The van der Waals surface area contributed by atoms with E-state index in [1.165, 1.54) is 0 Å². The van der Waals surface area contributed by atoms with Gasteiger partial charge in [0.15, 0.2) is 0 Å². The molecule has 2 heterocycles. The summed E-state index contributed by atoms with van der Waals surface area (Å²) in [5.74, 6) is 0.363. The number of sulfonamides is 1. The highest BCUT2D eigenvalue weighted by molar-refractivity contribution is 7.89. The van der Waals surface area contributed by atoms with Gasteiger partial charge in [-0.05, 0) is 39.5 Å². The Morgan fingerprint density at radius 2 is 2.00 bits per heavy atom. The summed E-state index contributed by atoms with van der Waals surface area (Å²) < 4.78 is 29.2. The molecule has 1 aromatic heterocycles. The average Bonchev–Trinajstić information content (AvgIpc) is 2.68. The molecule has 0 aliphatic carbocycles. The van der Waals surface area contributed by atoms with Crippen LogP contribution in [0.2, 0.25) is 0 Å². The van der Waals surface area contributed by atoms with E-state index in [1.54, 1.807) is 22.8 Å². The van der Waals surface area contributed by atoms with Crippen molar-refractivity contribution in [1.29, 1.82) is 0 Å². The molecule has 6 nitrogen and oxygen atoms in total. The molecule has 120 valence electrons. The molecule has 1 aromatic rings. The zero-order chi connectivity index (χ0) is 15.8. The Hall–Kier alpha value is -0.920. The molecule has 2 unspecified atom stereocenters. The largest absolute Gasteiger partial charge is 0.394 e. The molecule has 7 heteroatoms. The normalized spacial score (nSPS) is 24.4. The maximum atomic E-state index is 13.0. The first-order chi connectivity index (χ1) is 9.80. The molecule has 0 aromatic carbocycles. The molecule has 2 rings (SSSR count). The van der Waals surface area contributed by atoms with Crippen LogP contribution in [0.25, 0.3) is 0 Å². The first-order valence-electron chi connectivity index (χ1n) is 7.47. The minimum absolute atomic E-state index is 0.00346. The van der Waals surface area contributed by atoms with Crippen molar-refractivity contribution in [2.24, 2.45) is 5.92 Å². The quantitative estimate of drug-likeness (QED) is 0.909. The molecule has 0 saturated carbocycles. The zero-order valence-corrected chi connectivity index (χ0v) is 14.0. The van der Waals surface area contributed by atoms with Crippen LogP contribution >= 0.6 is 0 Å². The number of nitrogens with zero attached hydrogens (tertiary/aromatic N) is 3. The lowest BCUT2D eigenvalue weighted by Crippen LogP contribution is -2.46. The number of piperidine rings is 1. The van der Waals surface area contributed by atoms with Gasteiger partial charge < -0.3 is 5.11 Å². The number of rotatable bonds is 4. The predicted molar refractivity (Wildman–Crippen MR) is 80.5 cm³/mol. The van der Waals surface area contributed by atoms with Crippen molar-refractivity contribution in [2.45, 2.75) is 58.0 Å². The van der Waals surface area contributed by atoms with Crippen molar-refractivity contribution < 1.29 is 13.5 Å². The minimum Gasteiger partial charge on any atom is -0.394 e. The highest BCUT2D eigenvalue weighted by Gasteiger charge is 2.37. The molecule has 1 saturated heterocycles. The summed E-state index contributed by atoms with van der Waals surface area (Å²) in [6.45, 7) is 8.36. The Bertz CT molecular complexity index is 609. The van der Waals surface area contributed by atoms with Gasteiger partial charge >= 0.3 is 0 Å². The van der Waals surface area contributed by atoms with Crippen molar-refractivity contribution in [1.82, 2.24) is 14.1 Å². The summed E-state index contributed by atoms with van der Waals surface area (Å²) in [6, 6.07) is 0.00346. The molecule has 0 bridgehead atoms. The van der Waals surface area contributed by atoms with Gasteiger partial charge in [-0.25, -0.2) is 8.42 Å². The van der Waals surface area contributed by atoms with Crippen LogP contribution in [0.4, 0.5) is 0 Å². The molecule has 0 amide bonds. The highest BCUT2D eigenvalue weighted by atomic mass is 32.2. The summed E-state index contributed by atoms with van der Waals surface area (Å²) >= 11 is 0. The summed E-state index contributed by atoms with van der Waals surface area (Å²) in [5, 5.41) is 13.3. The third-order valence-corrected chi connectivity index (χ3v) is 6.75. The Kier molecular flexibility index (Phi) is 4.75. The number of aliphatic hydroxyl groups excluding tert-OH is 1. The molecule has 1 fully saturated rings. The second-order valence-electron chi connectivity index (χ2n) is 5.92. The molecule has 0 spiro atoms. The number of aliphatic hydroxyl groups is 1. The van der Waals surface area contributed by atoms with Gasteiger partial charge in [-0.2, -0.15) is 9.40 Å². The van der Waals surface area contributed by atoms with Crippen molar-refractivity contribution in [3.8, 4) is 0 Å². The Morgan fingerprint density at radius 1 is 1.33 bits per heavy atom. The third kappa shape index (κ3) is 2.86. The van der Waals surface area contributed by atoms with Crippen LogP contribution in [-0.4, -0.2) is 46.8 Å².